The molecule has 0 radical (unpaired) electrons. The van der Waals surface area contributed by atoms with Gasteiger partial charge in [0.15, 0.2) is 0 Å². The maximum atomic E-state index is 12.7. The Morgan fingerprint density at radius 1 is 1.40 bits per heavy atom. The summed E-state index contributed by atoms with van der Waals surface area (Å²) < 4.78 is 0.811. The summed E-state index contributed by atoms with van der Waals surface area (Å²) >= 11 is 3.38. The minimum atomic E-state index is -0.666. The zero-order valence-electron chi connectivity index (χ0n) is 11.9. The van der Waals surface area contributed by atoms with Crippen LogP contribution in [-0.2, 0) is 0 Å². The van der Waals surface area contributed by atoms with Gasteiger partial charge in [0.25, 0.3) is 5.91 Å². The van der Waals surface area contributed by atoms with Gasteiger partial charge in [0.2, 0.25) is 0 Å². The monoisotopic (exact) mass is 340 g/mol. The van der Waals surface area contributed by atoms with Crippen LogP contribution >= 0.6 is 15.9 Å². The zero-order valence-corrected chi connectivity index (χ0v) is 13.5. The number of aliphatic hydroxyl groups is 1. The molecule has 0 spiro atoms. The third-order valence-electron chi connectivity index (χ3n) is 3.99. The van der Waals surface area contributed by atoms with Crippen molar-refractivity contribution < 1.29 is 9.90 Å². The number of anilines is 1. The second kappa shape index (κ2) is 5.74. The van der Waals surface area contributed by atoms with Gasteiger partial charge in [-0.2, -0.15) is 0 Å². The first-order valence-electron chi connectivity index (χ1n) is 6.87. The molecular weight excluding hydrogens is 320 g/mol. The van der Waals surface area contributed by atoms with Gasteiger partial charge in [-0.3, -0.25) is 4.79 Å². The third kappa shape index (κ3) is 3.33. The number of carbonyl (C=O) groups is 1. The van der Waals surface area contributed by atoms with Gasteiger partial charge in [0.05, 0.1) is 5.60 Å². The smallest absolute Gasteiger partial charge is 0.254 e. The molecule has 1 aliphatic rings. The predicted molar refractivity (Wildman–Crippen MR) is 83.7 cm³/mol. The summed E-state index contributed by atoms with van der Waals surface area (Å²) in [5.41, 5.74) is 7.32. The summed E-state index contributed by atoms with van der Waals surface area (Å²) in [6.07, 6.45) is 2.17. The number of nitrogens with zero attached hydrogens (tertiary/aromatic N) is 1. The Morgan fingerprint density at radius 2 is 2.10 bits per heavy atom. The lowest BCUT2D eigenvalue weighted by molar-refractivity contribution is 0.0438. The molecule has 1 heterocycles. The van der Waals surface area contributed by atoms with Crippen molar-refractivity contribution in [3.05, 3.63) is 27.7 Å². The third-order valence-corrected chi connectivity index (χ3v) is 4.45. The van der Waals surface area contributed by atoms with Crippen molar-refractivity contribution in [1.29, 1.82) is 0 Å². The quantitative estimate of drug-likeness (QED) is 0.772. The molecule has 1 aromatic rings. The number of likely N-dealkylation sites (tertiary alicyclic amines) is 1. The van der Waals surface area contributed by atoms with Gasteiger partial charge in [0, 0.05) is 28.8 Å². The van der Waals surface area contributed by atoms with Gasteiger partial charge in [-0.15, -0.1) is 0 Å². The van der Waals surface area contributed by atoms with E-state index in [0.29, 0.717) is 30.8 Å². The van der Waals surface area contributed by atoms with Crippen LogP contribution < -0.4 is 5.73 Å². The summed E-state index contributed by atoms with van der Waals surface area (Å²) in [5, 5.41) is 10.1. The average Bonchev–Trinajstić information content (AvgIpc) is 2.54. The van der Waals surface area contributed by atoms with E-state index >= 15 is 0 Å². The van der Waals surface area contributed by atoms with E-state index in [0.717, 1.165) is 22.9 Å². The first-order valence-corrected chi connectivity index (χ1v) is 7.67. The van der Waals surface area contributed by atoms with Crippen LogP contribution in [-0.4, -0.2) is 34.6 Å². The lowest BCUT2D eigenvalue weighted by Crippen LogP contribution is -2.34. The van der Waals surface area contributed by atoms with Crippen LogP contribution in [0.5, 0.6) is 0 Å². The summed E-state index contributed by atoms with van der Waals surface area (Å²) in [7, 11) is 0. The standard InChI is InChI=1S/C15H21BrN2O2/c1-10-12(8-11(16)9-13(10)17)14(19)18-6-3-4-15(2,20)5-7-18/h8-9,20H,3-7,17H2,1-2H3. The molecular formula is C15H21BrN2O2. The molecule has 4 nitrogen and oxygen atoms in total. The number of hydrogen-bond acceptors (Lipinski definition) is 3. The Morgan fingerprint density at radius 3 is 2.80 bits per heavy atom. The molecule has 110 valence electrons. The minimum Gasteiger partial charge on any atom is -0.398 e. The Hall–Kier alpha value is -1.07. The largest absolute Gasteiger partial charge is 0.398 e. The van der Waals surface area contributed by atoms with E-state index in [-0.39, 0.29) is 5.91 Å². The molecule has 5 heteroatoms. The van der Waals surface area contributed by atoms with Crippen LogP contribution in [0.3, 0.4) is 0 Å². The molecule has 1 atom stereocenters. The number of rotatable bonds is 1. The fourth-order valence-corrected chi connectivity index (χ4v) is 3.03. The number of carbonyl (C=O) groups excluding carboxylic acids is 1. The highest BCUT2D eigenvalue weighted by Crippen LogP contribution is 2.26. The molecule has 1 aromatic carbocycles. The summed E-state index contributed by atoms with van der Waals surface area (Å²) in [4.78, 5) is 14.5. The van der Waals surface area contributed by atoms with Crippen LogP contribution in [0.25, 0.3) is 0 Å². The van der Waals surface area contributed by atoms with Crippen LogP contribution in [0.15, 0.2) is 16.6 Å². The maximum absolute atomic E-state index is 12.7. The minimum absolute atomic E-state index is 0.00630. The highest BCUT2D eigenvalue weighted by molar-refractivity contribution is 9.10. The van der Waals surface area contributed by atoms with E-state index in [1.807, 2.05) is 24.8 Å². The van der Waals surface area contributed by atoms with Crippen molar-refractivity contribution in [3.63, 3.8) is 0 Å². The molecule has 0 aromatic heterocycles. The van der Waals surface area contributed by atoms with Gasteiger partial charge in [0.1, 0.15) is 0 Å². The SMILES string of the molecule is Cc1c(N)cc(Br)cc1C(=O)N1CCCC(C)(O)CC1. The maximum Gasteiger partial charge on any atom is 0.254 e. The van der Waals surface area contributed by atoms with Crippen LogP contribution in [0.2, 0.25) is 0 Å². The molecule has 3 N–H and O–H groups in total. The molecule has 0 aliphatic carbocycles. The first-order chi connectivity index (χ1) is 9.30. The van der Waals surface area contributed by atoms with E-state index in [9.17, 15) is 9.90 Å². The molecule has 0 bridgehead atoms. The fraction of sp³-hybridized carbons (Fsp3) is 0.533. The second-order valence-corrected chi connectivity index (χ2v) is 6.73. The molecule has 1 fully saturated rings. The molecule has 1 saturated heterocycles. The van der Waals surface area contributed by atoms with Crippen molar-refractivity contribution in [2.24, 2.45) is 0 Å². The number of nitrogens with two attached hydrogens (primary N) is 1. The van der Waals surface area contributed by atoms with Gasteiger partial charge >= 0.3 is 0 Å². The molecule has 0 saturated carbocycles. The second-order valence-electron chi connectivity index (χ2n) is 5.81. The predicted octanol–water partition coefficient (Wildman–Crippen LogP) is 2.72. The van der Waals surface area contributed by atoms with E-state index in [4.69, 9.17) is 5.73 Å². The summed E-state index contributed by atoms with van der Waals surface area (Å²) in [6.45, 7) is 4.96. The normalized spacial score (nSPS) is 23.5. The van der Waals surface area contributed by atoms with Crippen molar-refractivity contribution in [2.75, 3.05) is 18.8 Å². The highest BCUT2D eigenvalue weighted by atomic mass is 79.9. The Balaban J connectivity index is 2.23. The molecule has 1 aliphatic heterocycles. The molecule has 2 rings (SSSR count). The fourth-order valence-electron chi connectivity index (χ4n) is 2.56. The lowest BCUT2D eigenvalue weighted by atomic mass is 9.98. The van der Waals surface area contributed by atoms with Crippen molar-refractivity contribution in [3.8, 4) is 0 Å². The number of amides is 1. The molecule has 1 unspecified atom stereocenters. The highest BCUT2D eigenvalue weighted by Gasteiger charge is 2.28. The summed E-state index contributed by atoms with van der Waals surface area (Å²) in [5.74, 6) is -0.00630. The van der Waals surface area contributed by atoms with Crippen LogP contribution in [0.1, 0.15) is 42.1 Å². The average molecular weight is 341 g/mol. The van der Waals surface area contributed by atoms with E-state index in [2.05, 4.69) is 15.9 Å². The zero-order chi connectivity index (χ0) is 14.9. The Kier molecular flexibility index (Phi) is 4.39. The van der Waals surface area contributed by atoms with Gasteiger partial charge in [-0.05, 0) is 50.8 Å². The number of halogens is 1. The van der Waals surface area contributed by atoms with Crippen molar-refractivity contribution in [1.82, 2.24) is 4.90 Å². The number of hydrogen-bond donors (Lipinski definition) is 2. The molecule has 20 heavy (non-hydrogen) atoms. The van der Waals surface area contributed by atoms with Crippen molar-refractivity contribution >= 4 is 27.5 Å². The van der Waals surface area contributed by atoms with Crippen LogP contribution in [0, 0.1) is 6.92 Å². The van der Waals surface area contributed by atoms with E-state index < -0.39 is 5.60 Å². The van der Waals surface area contributed by atoms with Gasteiger partial charge in [-0.1, -0.05) is 15.9 Å². The Bertz CT molecular complexity index is 529. The number of benzene rings is 1. The van der Waals surface area contributed by atoms with E-state index in [1.165, 1.54) is 0 Å². The topological polar surface area (TPSA) is 66.6 Å². The Labute approximate surface area is 128 Å². The lowest BCUT2D eigenvalue weighted by Gasteiger charge is -2.23. The van der Waals surface area contributed by atoms with Gasteiger partial charge < -0.3 is 15.7 Å². The van der Waals surface area contributed by atoms with E-state index in [1.54, 1.807) is 6.07 Å². The molecule has 1 amide bonds. The van der Waals surface area contributed by atoms with Crippen LogP contribution in [0.4, 0.5) is 5.69 Å². The van der Waals surface area contributed by atoms with Gasteiger partial charge in [-0.25, -0.2) is 0 Å². The first kappa shape index (κ1) is 15.3. The van der Waals surface area contributed by atoms with Crippen molar-refractivity contribution in [2.45, 2.75) is 38.7 Å². The summed E-state index contributed by atoms with van der Waals surface area (Å²) in [6, 6.07) is 3.62. The number of nitrogen functional groups attached to an aromatic ring is 1.